The van der Waals surface area contributed by atoms with Gasteiger partial charge in [0, 0.05) is 31.9 Å². The number of benzene rings is 2. The molecule has 30 heavy (non-hydrogen) atoms. The molecule has 0 radical (unpaired) electrons. The summed E-state index contributed by atoms with van der Waals surface area (Å²) < 4.78 is 1.33. The number of hydrogen-bond donors (Lipinski definition) is 1. The van der Waals surface area contributed by atoms with Crippen molar-refractivity contribution in [3.05, 3.63) is 76.1 Å². The Bertz CT molecular complexity index is 1180. The predicted molar refractivity (Wildman–Crippen MR) is 118 cm³/mol. The molecule has 2 heterocycles. The minimum absolute atomic E-state index is 0.0416. The molecule has 0 unspecified atom stereocenters. The number of amides is 1. The molecule has 2 aliphatic rings. The van der Waals surface area contributed by atoms with Crippen LogP contribution < -0.4 is 15.8 Å². The second kappa shape index (κ2) is 7.44. The van der Waals surface area contributed by atoms with Crippen molar-refractivity contribution in [2.45, 2.75) is 19.3 Å². The maximum absolute atomic E-state index is 13.0. The van der Waals surface area contributed by atoms with Crippen molar-refractivity contribution in [1.29, 1.82) is 0 Å². The van der Waals surface area contributed by atoms with Crippen LogP contribution in [0.3, 0.4) is 0 Å². The second-order valence-electron chi connectivity index (χ2n) is 8.13. The van der Waals surface area contributed by atoms with Crippen molar-refractivity contribution < 1.29 is 4.79 Å². The minimum atomic E-state index is -0.135. The zero-order valence-corrected chi connectivity index (χ0v) is 17.0. The Labute approximate surface area is 175 Å². The van der Waals surface area contributed by atoms with Crippen LogP contribution in [0.4, 0.5) is 11.5 Å². The number of aromatic nitrogens is 2. The van der Waals surface area contributed by atoms with E-state index in [0.717, 1.165) is 37.3 Å². The molecule has 2 aromatic carbocycles. The standard InChI is InChI=1S/C24H24N4O2/c1-27-23(29)11-10-22(26-27)28-12-4-6-17(15-28)24(30)25-19-8-9-21-18(14-19)13-16-5-2-3-7-20(16)21/h2-3,5,7-11,14,17H,4,6,12-13,15H2,1H3,(H,25,30)/t17-/m1/s1. The number of anilines is 2. The van der Waals surface area contributed by atoms with Crippen LogP contribution >= 0.6 is 0 Å². The fraction of sp³-hybridized carbons (Fsp3) is 0.292. The molecule has 1 amide bonds. The average molecular weight is 400 g/mol. The summed E-state index contributed by atoms with van der Waals surface area (Å²) in [6.07, 6.45) is 2.68. The Balaban J connectivity index is 1.29. The van der Waals surface area contributed by atoms with Crippen LogP contribution in [0.5, 0.6) is 0 Å². The van der Waals surface area contributed by atoms with Crippen LogP contribution in [0.1, 0.15) is 24.0 Å². The molecule has 3 aromatic rings. The van der Waals surface area contributed by atoms with Gasteiger partial charge < -0.3 is 10.2 Å². The van der Waals surface area contributed by atoms with Gasteiger partial charge in [-0.25, -0.2) is 4.68 Å². The van der Waals surface area contributed by atoms with E-state index in [2.05, 4.69) is 51.7 Å². The molecule has 1 aliphatic heterocycles. The summed E-state index contributed by atoms with van der Waals surface area (Å²) in [6.45, 7) is 1.44. The Hall–Kier alpha value is -3.41. The van der Waals surface area contributed by atoms with Crippen LogP contribution in [0.25, 0.3) is 11.1 Å². The van der Waals surface area contributed by atoms with E-state index in [9.17, 15) is 9.59 Å². The number of hydrogen-bond acceptors (Lipinski definition) is 4. The quantitative estimate of drug-likeness (QED) is 0.573. The lowest BCUT2D eigenvalue weighted by Gasteiger charge is -2.32. The number of rotatable bonds is 3. The molecule has 6 nitrogen and oxygen atoms in total. The first-order chi connectivity index (χ1) is 14.6. The first-order valence-corrected chi connectivity index (χ1v) is 10.4. The molecule has 1 saturated heterocycles. The normalized spacial score (nSPS) is 17.4. The second-order valence-corrected chi connectivity index (χ2v) is 8.13. The van der Waals surface area contributed by atoms with Crippen LogP contribution in [-0.2, 0) is 18.3 Å². The lowest BCUT2D eigenvalue weighted by Crippen LogP contribution is -2.41. The maximum atomic E-state index is 13.0. The molecule has 0 bridgehead atoms. The van der Waals surface area contributed by atoms with Gasteiger partial charge in [0.05, 0.1) is 5.92 Å². The van der Waals surface area contributed by atoms with Crippen molar-refractivity contribution in [2.75, 3.05) is 23.3 Å². The van der Waals surface area contributed by atoms with E-state index in [-0.39, 0.29) is 17.4 Å². The van der Waals surface area contributed by atoms with Gasteiger partial charge in [-0.05, 0) is 59.7 Å². The van der Waals surface area contributed by atoms with Crippen LogP contribution in [0, 0.1) is 5.92 Å². The molecule has 1 N–H and O–H groups in total. The van der Waals surface area contributed by atoms with Gasteiger partial charge in [0.15, 0.2) is 0 Å². The van der Waals surface area contributed by atoms with Gasteiger partial charge in [0.25, 0.3) is 5.56 Å². The zero-order valence-electron chi connectivity index (χ0n) is 17.0. The SMILES string of the molecule is Cn1nc(N2CCC[C@@H](C(=O)Nc3ccc4c(c3)Cc3ccccc3-4)C2)ccc1=O. The summed E-state index contributed by atoms with van der Waals surface area (Å²) in [4.78, 5) is 26.7. The van der Waals surface area contributed by atoms with Crippen molar-refractivity contribution in [3.8, 4) is 11.1 Å². The fourth-order valence-electron chi connectivity index (χ4n) is 4.53. The average Bonchev–Trinajstić information content (AvgIpc) is 3.13. The van der Waals surface area contributed by atoms with E-state index in [0.29, 0.717) is 6.54 Å². The summed E-state index contributed by atoms with van der Waals surface area (Å²) in [5.41, 5.74) is 5.86. The van der Waals surface area contributed by atoms with Gasteiger partial charge in [-0.2, -0.15) is 5.10 Å². The maximum Gasteiger partial charge on any atom is 0.266 e. The van der Waals surface area contributed by atoms with Crippen molar-refractivity contribution in [1.82, 2.24) is 9.78 Å². The third-order valence-electron chi connectivity index (χ3n) is 6.12. The van der Waals surface area contributed by atoms with Gasteiger partial charge >= 0.3 is 0 Å². The molecule has 0 spiro atoms. The Morgan fingerprint density at radius 3 is 2.77 bits per heavy atom. The lowest BCUT2D eigenvalue weighted by atomic mass is 9.97. The van der Waals surface area contributed by atoms with Gasteiger partial charge in [-0.15, -0.1) is 0 Å². The molecule has 6 heteroatoms. The molecule has 5 rings (SSSR count). The lowest BCUT2D eigenvalue weighted by molar-refractivity contribution is -0.120. The number of carbonyl (C=O) groups excluding carboxylic acids is 1. The molecular formula is C24H24N4O2. The van der Waals surface area contributed by atoms with Crippen molar-refractivity contribution >= 4 is 17.4 Å². The number of fused-ring (bicyclic) bond motifs is 3. The molecule has 1 aliphatic carbocycles. The zero-order chi connectivity index (χ0) is 20.7. The minimum Gasteiger partial charge on any atom is -0.354 e. The van der Waals surface area contributed by atoms with E-state index < -0.39 is 0 Å². The van der Waals surface area contributed by atoms with Gasteiger partial charge in [0.2, 0.25) is 5.91 Å². The van der Waals surface area contributed by atoms with Gasteiger partial charge in [-0.3, -0.25) is 9.59 Å². The van der Waals surface area contributed by atoms with Crippen LogP contribution in [0.2, 0.25) is 0 Å². The number of aryl methyl sites for hydroxylation is 1. The van der Waals surface area contributed by atoms with Crippen LogP contribution in [-0.4, -0.2) is 28.8 Å². The number of piperidine rings is 1. The Morgan fingerprint density at radius 2 is 1.90 bits per heavy atom. The molecule has 1 aromatic heterocycles. The van der Waals surface area contributed by atoms with Gasteiger partial charge in [-0.1, -0.05) is 30.3 Å². The van der Waals surface area contributed by atoms with Crippen molar-refractivity contribution in [3.63, 3.8) is 0 Å². The molecule has 0 saturated carbocycles. The number of nitrogens with one attached hydrogen (secondary N) is 1. The largest absolute Gasteiger partial charge is 0.354 e. The summed E-state index contributed by atoms with van der Waals surface area (Å²) in [6, 6.07) is 17.9. The predicted octanol–water partition coefficient (Wildman–Crippen LogP) is 3.21. The van der Waals surface area contributed by atoms with E-state index in [1.807, 2.05) is 6.07 Å². The first-order valence-electron chi connectivity index (χ1n) is 10.4. The summed E-state index contributed by atoms with van der Waals surface area (Å²) in [5.74, 6) is 0.674. The summed E-state index contributed by atoms with van der Waals surface area (Å²) >= 11 is 0. The molecular weight excluding hydrogens is 376 g/mol. The summed E-state index contributed by atoms with van der Waals surface area (Å²) in [7, 11) is 1.64. The third kappa shape index (κ3) is 3.38. The first kappa shape index (κ1) is 18.6. The monoisotopic (exact) mass is 400 g/mol. The highest BCUT2D eigenvalue weighted by Gasteiger charge is 2.27. The fourth-order valence-corrected chi connectivity index (χ4v) is 4.53. The van der Waals surface area contributed by atoms with E-state index in [1.165, 1.54) is 33.0 Å². The van der Waals surface area contributed by atoms with Gasteiger partial charge in [0.1, 0.15) is 5.82 Å². The smallest absolute Gasteiger partial charge is 0.266 e. The highest BCUT2D eigenvalue weighted by Crippen LogP contribution is 2.37. The number of nitrogens with zero attached hydrogens (tertiary/aromatic N) is 3. The van der Waals surface area contributed by atoms with E-state index in [1.54, 1.807) is 13.1 Å². The van der Waals surface area contributed by atoms with Crippen LogP contribution in [0.15, 0.2) is 59.4 Å². The Kier molecular flexibility index (Phi) is 4.62. The number of carbonyl (C=O) groups is 1. The van der Waals surface area contributed by atoms with E-state index >= 15 is 0 Å². The Morgan fingerprint density at radius 1 is 1.07 bits per heavy atom. The highest BCUT2D eigenvalue weighted by molar-refractivity contribution is 5.94. The summed E-state index contributed by atoms with van der Waals surface area (Å²) in [5, 5.41) is 7.45. The molecule has 1 atom stereocenters. The third-order valence-corrected chi connectivity index (χ3v) is 6.12. The van der Waals surface area contributed by atoms with Crippen molar-refractivity contribution in [2.24, 2.45) is 13.0 Å². The highest BCUT2D eigenvalue weighted by atomic mass is 16.2. The topological polar surface area (TPSA) is 67.2 Å². The van der Waals surface area contributed by atoms with E-state index in [4.69, 9.17) is 0 Å². The molecule has 1 fully saturated rings. The molecule has 152 valence electrons.